The van der Waals surface area contributed by atoms with Crippen molar-refractivity contribution in [2.45, 2.75) is 26.8 Å². The van der Waals surface area contributed by atoms with Gasteiger partial charge in [-0.15, -0.1) is 0 Å². The topological polar surface area (TPSA) is 70.7 Å². The highest BCUT2D eigenvalue weighted by Gasteiger charge is 2.30. The smallest absolute Gasteiger partial charge is 0.242 e. The molecule has 1 fully saturated rings. The van der Waals surface area contributed by atoms with Crippen LogP contribution in [0.1, 0.15) is 32.4 Å². The maximum Gasteiger partial charge on any atom is 0.242 e. The number of rotatable bonds is 4. The summed E-state index contributed by atoms with van der Waals surface area (Å²) < 4.78 is 5.43. The number of amides is 2. The largest absolute Gasteiger partial charge is 0.496 e. The molecular weight excluding hydrogens is 306 g/mol. The molecule has 6 heteroatoms. The summed E-state index contributed by atoms with van der Waals surface area (Å²) in [7, 11) is 1.63. The summed E-state index contributed by atoms with van der Waals surface area (Å²) in [4.78, 5) is 26.5. The molecule has 2 N–H and O–H groups in total. The van der Waals surface area contributed by atoms with Crippen molar-refractivity contribution in [2.75, 3.05) is 33.3 Å². The van der Waals surface area contributed by atoms with Crippen LogP contribution < -0.4 is 15.4 Å². The van der Waals surface area contributed by atoms with Crippen LogP contribution in [-0.4, -0.2) is 50.0 Å². The van der Waals surface area contributed by atoms with E-state index < -0.39 is 5.41 Å². The van der Waals surface area contributed by atoms with Gasteiger partial charge in [0.25, 0.3) is 0 Å². The van der Waals surface area contributed by atoms with E-state index in [1.54, 1.807) is 7.11 Å². The number of hydrogen-bond donors (Lipinski definition) is 2. The van der Waals surface area contributed by atoms with Crippen LogP contribution >= 0.6 is 0 Å². The standard InChI is InChI=1S/C18H27N3O3/c1-18(2,3)17(23)20-12-16(22)21-10-9-19-11-14(21)13-7-5-6-8-15(13)24-4/h5-8,14,19H,9-12H2,1-4H3,(H,20,23). The second kappa shape index (κ2) is 7.66. The average Bonchev–Trinajstić information content (AvgIpc) is 2.58. The molecule has 1 aromatic carbocycles. The Morgan fingerprint density at radius 3 is 2.71 bits per heavy atom. The molecule has 1 saturated heterocycles. The zero-order chi connectivity index (χ0) is 17.7. The first kappa shape index (κ1) is 18.3. The lowest BCUT2D eigenvalue weighted by Gasteiger charge is -2.37. The summed E-state index contributed by atoms with van der Waals surface area (Å²) in [5, 5.41) is 6.06. The fourth-order valence-electron chi connectivity index (χ4n) is 2.74. The first-order chi connectivity index (χ1) is 11.3. The molecule has 0 aromatic heterocycles. The molecule has 0 bridgehead atoms. The number of para-hydroxylation sites is 1. The molecule has 24 heavy (non-hydrogen) atoms. The van der Waals surface area contributed by atoms with Crippen LogP contribution in [-0.2, 0) is 9.59 Å². The fraction of sp³-hybridized carbons (Fsp3) is 0.556. The Hall–Kier alpha value is -2.08. The van der Waals surface area contributed by atoms with Crippen molar-refractivity contribution in [1.82, 2.24) is 15.5 Å². The third-order valence-corrected chi connectivity index (χ3v) is 4.14. The van der Waals surface area contributed by atoms with Crippen molar-refractivity contribution in [3.63, 3.8) is 0 Å². The lowest BCUT2D eigenvalue weighted by atomic mass is 9.96. The van der Waals surface area contributed by atoms with Crippen molar-refractivity contribution in [1.29, 1.82) is 0 Å². The highest BCUT2D eigenvalue weighted by atomic mass is 16.5. The van der Waals surface area contributed by atoms with Gasteiger partial charge in [0.2, 0.25) is 11.8 Å². The normalized spacial score (nSPS) is 18.2. The zero-order valence-corrected chi connectivity index (χ0v) is 14.9. The van der Waals surface area contributed by atoms with E-state index in [2.05, 4.69) is 10.6 Å². The van der Waals surface area contributed by atoms with E-state index in [0.29, 0.717) is 13.1 Å². The summed E-state index contributed by atoms with van der Waals surface area (Å²) in [6.07, 6.45) is 0. The summed E-state index contributed by atoms with van der Waals surface area (Å²) >= 11 is 0. The van der Waals surface area contributed by atoms with Crippen LogP contribution in [0.3, 0.4) is 0 Å². The summed E-state index contributed by atoms with van der Waals surface area (Å²) in [5.41, 5.74) is 0.467. The average molecular weight is 333 g/mol. The van der Waals surface area contributed by atoms with Crippen molar-refractivity contribution >= 4 is 11.8 Å². The molecule has 1 aliphatic heterocycles. The van der Waals surface area contributed by atoms with E-state index in [4.69, 9.17) is 4.74 Å². The predicted octanol–water partition coefficient (Wildman–Crippen LogP) is 1.33. The molecule has 132 valence electrons. The van der Waals surface area contributed by atoms with Gasteiger partial charge < -0.3 is 20.3 Å². The molecule has 1 aliphatic rings. The van der Waals surface area contributed by atoms with E-state index >= 15 is 0 Å². The predicted molar refractivity (Wildman–Crippen MR) is 92.8 cm³/mol. The van der Waals surface area contributed by atoms with E-state index in [0.717, 1.165) is 17.9 Å². The van der Waals surface area contributed by atoms with Gasteiger partial charge in [-0.3, -0.25) is 9.59 Å². The van der Waals surface area contributed by atoms with Crippen LogP contribution in [0.15, 0.2) is 24.3 Å². The molecule has 2 rings (SSSR count). The molecular formula is C18H27N3O3. The first-order valence-electron chi connectivity index (χ1n) is 8.26. The van der Waals surface area contributed by atoms with Gasteiger partial charge in [0, 0.05) is 30.6 Å². The Morgan fingerprint density at radius 2 is 2.04 bits per heavy atom. The minimum atomic E-state index is -0.508. The van der Waals surface area contributed by atoms with Crippen molar-refractivity contribution < 1.29 is 14.3 Å². The molecule has 0 spiro atoms. The summed E-state index contributed by atoms with van der Waals surface area (Å²) in [6, 6.07) is 7.62. The van der Waals surface area contributed by atoms with Gasteiger partial charge in [0.15, 0.2) is 0 Å². The van der Waals surface area contributed by atoms with Crippen LogP contribution in [0.4, 0.5) is 0 Å². The molecule has 0 radical (unpaired) electrons. The second-order valence-corrected chi connectivity index (χ2v) is 6.98. The molecule has 1 atom stereocenters. The molecule has 1 heterocycles. The molecule has 6 nitrogen and oxygen atoms in total. The number of carbonyl (C=O) groups excluding carboxylic acids is 2. The minimum Gasteiger partial charge on any atom is -0.496 e. The number of benzene rings is 1. The lowest BCUT2D eigenvalue weighted by molar-refractivity contribution is -0.137. The SMILES string of the molecule is COc1ccccc1C1CNCCN1C(=O)CNC(=O)C(C)(C)C. The van der Waals surface area contributed by atoms with Gasteiger partial charge in [-0.2, -0.15) is 0 Å². The molecule has 2 amide bonds. The number of nitrogens with one attached hydrogen (secondary N) is 2. The third kappa shape index (κ3) is 4.26. The van der Waals surface area contributed by atoms with Crippen molar-refractivity contribution in [3.8, 4) is 5.75 Å². The monoisotopic (exact) mass is 333 g/mol. The quantitative estimate of drug-likeness (QED) is 0.872. The zero-order valence-electron chi connectivity index (χ0n) is 14.9. The van der Waals surface area contributed by atoms with Gasteiger partial charge in [0.05, 0.1) is 19.7 Å². The van der Waals surface area contributed by atoms with Gasteiger partial charge >= 0.3 is 0 Å². The van der Waals surface area contributed by atoms with Gasteiger partial charge in [-0.25, -0.2) is 0 Å². The van der Waals surface area contributed by atoms with E-state index in [9.17, 15) is 9.59 Å². The Labute approximate surface area is 143 Å². The molecule has 1 aromatic rings. The van der Waals surface area contributed by atoms with Crippen LogP contribution in [0.2, 0.25) is 0 Å². The Balaban J connectivity index is 2.11. The second-order valence-electron chi connectivity index (χ2n) is 6.98. The third-order valence-electron chi connectivity index (χ3n) is 4.14. The highest BCUT2D eigenvalue weighted by molar-refractivity contribution is 5.87. The number of hydrogen-bond acceptors (Lipinski definition) is 4. The lowest BCUT2D eigenvalue weighted by Crippen LogP contribution is -2.52. The number of ether oxygens (including phenoxy) is 1. The molecule has 0 aliphatic carbocycles. The van der Waals surface area contributed by atoms with Crippen molar-refractivity contribution in [3.05, 3.63) is 29.8 Å². The number of nitrogens with zero attached hydrogens (tertiary/aromatic N) is 1. The van der Waals surface area contributed by atoms with Crippen LogP contribution in [0.5, 0.6) is 5.75 Å². The number of carbonyl (C=O) groups is 2. The van der Waals surface area contributed by atoms with Gasteiger partial charge in [0.1, 0.15) is 5.75 Å². The summed E-state index contributed by atoms with van der Waals surface area (Å²) in [5.74, 6) is 0.563. The fourth-order valence-corrected chi connectivity index (χ4v) is 2.74. The molecule has 0 saturated carbocycles. The highest BCUT2D eigenvalue weighted by Crippen LogP contribution is 2.30. The van der Waals surface area contributed by atoms with Crippen LogP contribution in [0, 0.1) is 5.41 Å². The maximum absolute atomic E-state index is 12.7. The van der Waals surface area contributed by atoms with E-state index in [1.165, 1.54) is 0 Å². The van der Waals surface area contributed by atoms with E-state index in [-0.39, 0.29) is 24.4 Å². The Bertz CT molecular complexity index is 595. The van der Waals surface area contributed by atoms with E-state index in [1.807, 2.05) is 49.9 Å². The summed E-state index contributed by atoms with van der Waals surface area (Å²) in [6.45, 7) is 7.51. The van der Waals surface area contributed by atoms with Crippen LogP contribution in [0.25, 0.3) is 0 Å². The first-order valence-corrected chi connectivity index (χ1v) is 8.26. The van der Waals surface area contributed by atoms with Crippen molar-refractivity contribution in [2.24, 2.45) is 5.41 Å². The Kier molecular flexibility index (Phi) is 5.83. The minimum absolute atomic E-state index is 0.0156. The Morgan fingerprint density at radius 1 is 1.33 bits per heavy atom. The number of piperazine rings is 1. The number of methoxy groups -OCH3 is 1. The maximum atomic E-state index is 12.7. The molecule has 1 unspecified atom stereocenters. The van der Waals surface area contributed by atoms with Gasteiger partial charge in [-0.1, -0.05) is 39.0 Å². The van der Waals surface area contributed by atoms with Gasteiger partial charge in [-0.05, 0) is 6.07 Å².